The van der Waals surface area contributed by atoms with E-state index in [1.54, 1.807) is 0 Å². The molecule has 29 heavy (non-hydrogen) atoms. The summed E-state index contributed by atoms with van der Waals surface area (Å²) in [6.45, 7) is 17.4. The monoisotopic (exact) mass is 465 g/mol. The minimum atomic E-state index is -2.76. The molecule has 1 nitrogen and oxygen atoms in total. The molecule has 1 radical (unpaired) electrons. The Bertz CT molecular complexity index is 653. The van der Waals surface area contributed by atoms with Crippen LogP contribution < -0.4 is 4.43 Å². The highest BCUT2D eigenvalue weighted by molar-refractivity contribution is 6.96. The van der Waals surface area contributed by atoms with Crippen molar-refractivity contribution in [3.8, 4) is 5.75 Å². The van der Waals surface area contributed by atoms with Crippen molar-refractivity contribution in [2.75, 3.05) is 0 Å². The molecule has 0 saturated carbocycles. The second-order valence-electron chi connectivity index (χ2n) is 9.83. The molecule has 1 unspecified atom stereocenters. The van der Waals surface area contributed by atoms with Gasteiger partial charge in [-0.1, -0.05) is 78.4 Å². The van der Waals surface area contributed by atoms with Crippen molar-refractivity contribution in [1.29, 1.82) is 0 Å². The molecule has 1 aromatic carbocycles. The Morgan fingerprint density at radius 3 is 1.62 bits per heavy atom. The van der Waals surface area contributed by atoms with Crippen molar-refractivity contribution >= 4 is 24.5 Å². The Kier molecular flexibility index (Phi) is 9.23. The van der Waals surface area contributed by atoms with Gasteiger partial charge in [0.15, 0.2) is 17.4 Å². The third-order valence-corrected chi connectivity index (χ3v) is 22.5. The lowest BCUT2D eigenvalue weighted by Crippen LogP contribution is -2.54. The zero-order chi connectivity index (χ0) is 22.6. The van der Waals surface area contributed by atoms with Crippen LogP contribution in [0.2, 0.25) is 61.1 Å². The quantitative estimate of drug-likeness (QED) is 0.182. The number of halogens is 4. The molecule has 0 fully saturated rings. The molecule has 0 amide bonds. The van der Waals surface area contributed by atoms with Crippen molar-refractivity contribution in [3.05, 3.63) is 29.3 Å². The van der Waals surface area contributed by atoms with Gasteiger partial charge in [0, 0.05) is 8.07 Å². The van der Waals surface area contributed by atoms with Gasteiger partial charge in [-0.3, -0.25) is 0 Å². The maximum absolute atomic E-state index is 14.5. The molecule has 8 heteroatoms. The summed E-state index contributed by atoms with van der Waals surface area (Å²) < 4.78 is 62.8. The van der Waals surface area contributed by atoms with E-state index in [0.717, 1.165) is 35.9 Å². The molecule has 0 aliphatic heterocycles. The Morgan fingerprint density at radius 1 is 0.828 bits per heavy atom. The van der Waals surface area contributed by atoms with Gasteiger partial charge in [0.25, 0.3) is 8.32 Å². The summed E-state index contributed by atoms with van der Waals surface area (Å²) in [7, 11) is -5.93. The normalized spacial score (nSPS) is 14.9. The predicted molar refractivity (Wildman–Crippen MR) is 122 cm³/mol. The molecule has 0 heterocycles. The van der Waals surface area contributed by atoms with Crippen LogP contribution in [-0.2, 0) is 0 Å². The SMILES string of the molecule is CC[Si](CC)(CC)C[Si](CC[Si](C)(C)C)(Oc1c(F)c(F)[c]c(F)c1F)C(C)C. The molecule has 0 aromatic heterocycles. The maximum Gasteiger partial charge on any atom is 0.251 e. The molecule has 0 N–H and O–H groups in total. The molecule has 0 spiro atoms. The third kappa shape index (κ3) is 6.43. The van der Waals surface area contributed by atoms with E-state index in [4.69, 9.17) is 4.43 Å². The average Bonchev–Trinajstić information content (AvgIpc) is 2.65. The molecule has 1 aromatic rings. The first-order chi connectivity index (χ1) is 13.3. The van der Waals surface area contributed by atoms with E-state index in [9.17, 15) is 17.6 Å². The lowest BCUT2D eigenvalue weighted by atomic mass is 10.3. The third-order valence-electron chi connectivity index (χ3n) is 6.58. The summed E-state index contributed by atoms with van der Waals surface area (Å²) in [5, 5.41) is 0. The van der Waals surface area contributed by atoms with E-state index in [1.165, 1.54) is 6.07 Å². The summed E-state index contributed by atoms with van der Waals surface area (Å²) >= 11 is 0. The number of hydrogen-bond acceptors (Lipinski definition) is 1. The summed E-state index contributed by atoms with van der Waals surface area (Å²) in [5.41, 5.74) is 0.927. The summed E-state index contributed by atoms with van der Waals surface area (Å²) in [4.78, 5) is 0. The van der Waals surface area contributed by atoms with Crippen LogP contribution in [-0.4, -0.2) is 24.5 Å². The smallest absolute Gasteiger partial charge is 0.251 e. The minimum absolute atomic E-state index is 0.0736. The molecular weight excluding hydrogens is 428 g/mol. The van der Waals surface area contributed by atoms with Crippen molar-refractivity contribution in [2.24, 2.45) is 0 Å². The molecule has 1 atom stereocenters. The first-order valence-electron chi connectivity index (χ1n) is 10.7. The number of benzene rings is 1. The summed E-state index contributed by atoms with van der Waals surface area (Å²) in [6.07, 6.45) is 0. The van der Waals surface area contributed by atoms with E-state index in [1.807, 2.05) is 13.8 Å². The molecule has 0 aliphatic carbocycles. The lowest BCUT2D eigenvalue weighted by Gasteiger charge is -2.43. The Morgan fingerprint density at radius 2 is 1.28 bits per heavy atom. The highest BCUT2D eigenvalue weighted by Crippen LogP contribution is 2.43. The first-order valence-corrected chi connectivity index (χ1v) is 19.6. The van der Waals surface area contributed by atoms with Gasteiger partial charge < -0.3 is 4.43 Å². The Labute approximate surface area is 177 Å². The molecular formula is C21H37F4OSi3. The zero-order valence-electron chi connectivity index (χ0n) is 19.2. The van der Waals surface area contributed by atoms with Crippen molar-refractivity contribution in [2.45, 2.75) is 95.7 Å². The Hall–Kier alpha value is -0.609. The first kappa shape index (κ1) is 26.4. The zero-order valence-corrected chi connectivity index (χ0v) is 22.2. The van der Waals surface area contributed by atoms with Crippen LogP contribution in [0, 0.1) is 29.3 Å². The van der Waals surface area contributed by atoms with E-state index < -0.39 is 53.5 Å². The van der Waals surface area contributed by atoms with Crippen LogP contribution in [0.3, 0.4) is 0 Å². The van der Waals surface area contributed by atoms with E-state index >= 15 is 0 Å². The highest BCUT2D eigenvalue weighted by Gasteiger charge is 2.48. The van der Waals surface area contributed by atoms with Gasteiger partial charge in [-0.15, -0.1) is 0 Å². The van der Waals surface area contributed by atoms with Crippen LogP contribution >= 0.6 is 0 Å². The van der Waals surface area contributed by atoms with Gasteiger partial charge in [0.1, 0.15) is 0 Å². The van der Waals surface area contributed by atoms with Gasteiger partial charge in [0.05, 0.1) is 14.1 Å². The van der Waals surface area contributed by atoms with E-state index in [2.05, 4.69) is 40.4 Å². The van der Waals surface area contributed by atoms with Gasteiger partial charge in [-0.05, 0) is 17.3 Å². The summed E-state index contributed by atoms with van der Waals surface area (Å²) in [5.74, 6) is -6.86. The van der Waals surface area contributed by atoms with Gasteiger partial charge in [-0.2, -0.15) is 8.78 Å². The maximum atomic E-state index is 14.5. The molecule has 0 aliphatic rings. The number of hydrogen-bond donors (Lipinski definition) is 0. The van der Waals surface area contributed by atoms with Crippen LogP contribution in [0.25, 0.3) is 0 Å². The fourth-order valence-electron chi connectivity index (χ4n) is 3.93. The fourth-order valence-corrected chi connectivity index (χ4v) is 22.3. The van der Waals surface area contributed by atoms with E-state index in [0.29, 0.717) is 0 Å². The Balaban J connectivity index is 3.58. The fraction of sp³-hybridized carbons (Fsp3) is 0.714. The van der Waals surface area contributed by atoms with Crippen molar-refractivity contribution < 1.29 is 22.0 Å². The van der Waals surface area contributed by atoms with Crippen molar-refractivity contribution in [1.82, 2.24) is 0 Å². The topological polar surface area (TPSA) is 9.23 Å². The van der Waals surface area contributed by atoms with Gasteiger partial charge in [0.2, 0.25) is 11.6 Å². The standard InChI is InChI=1S/C21H37F4OSi3/c1-9-28(10-2,11-3)15-29(16(4)5,13-12-27(6,7)8)26-21-19(24)17(22)14-18(23)20(21)25/h16H,9-13,15H2,1-8H3. The minimum Gasteiger partial charge on any atom is -0.539 e. The largest absolute Gasteiger partial charge is 0.539 e. The molecule has 1 rings (SSSR count). The van der Waals surface area contributed by atoms with Crippen LogP contribution in [0.1, 0.15) is 34.6 Å². The van der Waals surface area contributed by atoms with Crippen LogP contribution in [0.15, 0.2) is 0 Å². The second-order valence-corrected chi connectivity index (χ2v) is 26.0. The van der Waals surface area contributed by atoms with Gasteiger partial charge >= 0.3 is 0 Å². The van der Waals surface area contributed by atoms with Crippen LogP contribution in [0.4, 0.5) is 17.6 Å². The summed E-state index contributed by atoms with van der Waals surface area (Å²) in [6, 6.07) is 6.38. The molecule has 0 bridgehead atoms. The molecule has 0 saturated heterocycles. The van der Waals surface area contributed by atoms with Crippen molar-refractivity contribution in [3.63, 3.8) is 0 Å². The lowest BCUT2D eigenvalue weighted by molar-refractivity contribution is 0.382. The number of rotatable bonds is 11. The van der Waals surface area contributed by atoms with Gasteiger partial charge in [-0.25, -0.2) is 8.78 Å². The highest BCUT2D eigenvalue weighted by atomic mass is 28.4. The average molecular weight is 466 g/mol. The van der Waals surface area contributed by atoms with Crippen LogP contribution in [0.5, 0.6) is 5.75 Å². The predicted octanol–water partition coefficient (Wildman–Crippen LogP) is 8.16. The second kappa shape index (κ2) is 10.1. The van der Waals surface area contributed by atoms with E-state index in [-0.39, 0.29) is 5.54 Å². The molecule has 167 valence electrons.